The largest absolute Gasteiger partial charge is 0.298 e. The summed E-state index contributed by atoms with van der Waals surface area (Å²) in [6.45, 7) is 8.98. The fraction of sp³-hybridized carbons (Fsp3) is 1.00. The first-order valence-corrected chi connectivity index (χ1v) is 9.75. The number of piperidine rings is 1. The molecule has 0 N–H and O–H groups in total. The molecule has 0 aromatic carbocycles. The first kappa shape index (κ1) is 15.8. The van der Waals surface area contributed by atoms with Crippen LogP contribution < -0.4 is 0 Å². The summed E-state index contributed by atoms with van der Waals surface area (Å²) in [7, 11) is 0. The Bertz CT molecular complexity index is 307. The van der Waals surface area contributed by atoms with Gasteiger partial charge in [-0.3, -0.25) is 9.80 Å². The number of rotatable bonds is 2. The van der Waals surface area contributed by atoms with Crippen LogP contribution in [0.5, 0.6) is 0 Å². The third-order valence-corrected chi connectivity index (χ3v) is 6.33. The van der Waals surface area contributed by atoms with Crippen LogP contribution in [0.2, 0.25) is 0 Å². The molecular weight excluding hydrogens is 256 g/mol. The molecule has 3 rings (SSSR count). The lowest BCUT2D eigenvalue weighted by atomic mass is 9.87. The highest BCUT2D eigenvalue weighted by Crippen LogP contribution is 2.32. The molecule has 0 radical (unpaired) electrons. The van der Waals surface area contributed by atoms with Crippen molar-refractivity contribution in [2.75, 3.05) is 19.6 Å². The number of nitrogens with zero attached hydrogens (tertiary/aromatic N) is 2. The summed E-state index contributed by atoms with van der Waals surface area (Å²) in [5.74, 6) is 0.804. The lowest BCUT2D eigenvalue weighted by Gasteiger charge is -2.52. The average molecular weight is 293 g/mol. The van der Waals surface area contributed by atoms with Crippen LogP contribution in [0.3, 0.4) is 0 Å². The molecule has 0 amide bonds. The van der Waals surface area contributed by atoms with Gasteiger partial charge in [-0.05, 0) is 38.1 Å². The summed E-state index contributed by atoms with van der Waals surface area (Å²) in [5, 5.41) is 0. The van der Waals surface area contributed by atoms with Crippen LogP contribution in [-0.4, -0.2) is 47.6 Å². The van der Waals surface area contributed by atoms with Gasteiger partial charge in [-0.15, -0.1) is 0 Å². The molecule has 0 bridgehead atoms. The SMILES string of the molecule is CC(C)C1CN2CCCCC2CN1C1CCCCCCC1. The van der Waals surface area contributed by atoms with Crippen molar-refractivity contribution in [1.82, 2.24) is 9.80 Å². The van der Waals surface area contributed by atoms with Gasteiger partial charge in [0, 0.05) is 31.2 Å². The van der Waals surface area contributed by atoms with Crippen LogP contribution in [0.4, 0.5) is 0 Å². The second kappa shape index (κ2) is 7.46. The van der Waals surface area contributed by atoms with Crippen LogP contribution in [-0.2, 0) is 0 Å². The van der Waals surface area contributed by atoms with E-state index in [1.165, 1.54) is 83.8 Å². The van der Waals surface area contributed by atoms with Gasteiger partial charge in [0.1, 0.15) is 0 Å². The highest BCUT2D eigenvalue weighted by atomic mass is 15.3. The standard InChI is InChI=1S/C19H36N2/c1-16(2)19-15-20-13-9-8-12-18(20)14-21(19)17-10-6-4-3-5-7-11-17/h16-19H,3-15H2,1-2H3. The Balaban J connectivity index is 1.69. The molecular formula is C19H36N2. The van der Waals surface area contributed by atoms with Crippen molar-refractivity contribution in [3.05, 3.63) is 0 Å². The van der Waals surface area contributed by atoms with Crippen molar-refractivity contribution in [1.29, 1.82) is 0 Å². The molecule has 0 aromatic heterocycles. The fourth-order valence-electron chi connectivity index (χ4n) is 5.01. The summed E-state index contributed by atoms with van der Waals surface area (Å²) in [4.78, 5) is 5.80. The first-order valence-electron chi connectivity index (χ1n) is 9.75. The molecule has 2 heteroatoms. The van der Waals surface area contributed by atoms with Gasteiger partial charge in [0.2, 0.25) is 0 Å². The minimum Gasteiger partial charge on any atom is -0.298 e. The molecule has 3 fully saturated rings. The van der Waals surface area contributed by atoms with E-state index < -0.39 is 0 Å². The van der Waals surface area contributed by atoms with E-state index in [1.807, 2.05) is 0 Å². The van der Waals surface area contributed by atoms with E-state index in [0.717, 1.165) is 24.0 Å². The van der Waals surface area contributed by atoms with Crippen LogP contribution in [0.1, 0.15) is 78.1 Å². The second-order valence-electron chi connectivity index (χ2n) is 8.15. The molecule has 2 unspecified atom stereocenters. The average Bonchev–Trinajstić information content (AvgIpc) is 2.45. The van der Waals surface area contributed by atoms with E-state index in [1.54, 1.807) is 0 Å². The Morgan fingerprint density at radius 3 is 2.05 bits per heavy atom. The zero-order valence-corrected chi connectivity index (χ0v) is 14.4. The number of fused-ring (bicyclic) bond motifs is 1. The highest BCUT2D eigenvalue weighted by Gasteiger charge is 2.38. The molecule has 3 aliphatic rings. The van der Waals surface area contributed by atoms with Gasteiger partial charge >= 0.3 is 0 Å². The topological polar surface area (TPSA) is 6.48 Å². The summed E-state index contributed by atoms with van der Waals surface area (Å²) >= 11 is 0. The van der Waals surface area contributed by atoms with Gasteiger partial charge < -0.3 is 0 Å². The Labute approximate surface area is 132 Å². The smallest absolute Gasteiger partial charge is 0.0249 e. The molecule has 21 heavy (non-hydrogen) atoms. The zero-order chi connectivity index (χ0) is 14.7. The lowest BCUT2D eigenvalue weighted by Crippen LogP contribution is -2.63. The predicted molar refractivity (Wildman–Crippen MR) is 90.7 cm³/mol. The van der Waals surface area contributed by atoms with Crippen molar-refractivity contribution < 1.29 is 0 Å². The van der Waals surface area contributed by atoms with Gasteiger partial charge in [-0.25, -0.2) is 0 Å². The Kier molecular flexibility index (Phi) is 5.61. The van der Waals surface area contributed by atoms with Gasteiger partial charge in [0.25, 0.3) is 0 Å². The number of hydrogen-bond acceptors (Lipinski definition) is 2. The van der Waals surface area contributed by atoms with Crippen LogP contribution in [0.25, 0.3) is 0 Å². The van der Waals surface area contributed by atoms with Crippen LogP contribution in [0, 0.1) is 5.92 Å². The van der Waals surface area contributed by atoms with Crippen LogP contribution >= 0.6 is 0 Å². The fourth-order valence-corrected chi connectivity index (χ4v) is 5.01. The minimum absolute atomic E-state index is 0.804. The molecule has 122 valence electrons. The maximum Gasteiger partial charge on any atom is 0.0249 e. The Hall–Kier alpha value is -0.0800. The molecule has 0 spiro atoms. The monoisotopic (exact) mass is 292 g/mol. The third-order valence-electron chi connectivity index (χ3n) is 6.33. The molecule has 2 heterocycles. The number of hydrogen-bond donors (Lipinski definition) is 0. The minimum atomic E-state index is 0.804. The normalized spacial score (nSPS) is 34.4. The molecule has 2 nitrogen and oxygen atoms in total. The molecule has 0 aromatic rings. The van der Waals surface area contributed by atoms with Gasteiger partial charge in [-0.1, -0.05) is 52.4 Å². The van der Waals surface area contributed by atoms with E-state index in [4.69, 9.17) is 0 Å². The predicted octanol–water partition coefficient (Wildman–Crippen LogP) is 4.29. The van der Waals surface area contributed by atoms with E-state index in [2.05, 4.69) is 23.6 Å². The maximum atomic E-state index is 2.97. The summed E-state index contributed by atoms with van der Waals surface area (Å²) in [5.41, 5.74) is 0. The molecule has 2 atom stereocenters. The Morgan fingerprint density at radius 2 is 1.33 bits per heavy atom. The van der Waals surface area contributed by atoms with Crippen molar-refractivity contribution >= 4 is 0 Å². The molecule has 2 saturated heterocycles. The zero-order valence-electron chi connectivity index (χ0n) is 14.4. The summed E-state index contributed by atoms with van der Waals surface area (Å²) in [6, 6.07) is 2.57. The quantitative estimate of drug-likeness (QED) is 0.749. The Morgan fingerprint density at radius 1 is 0.714 bits per heavy atom. The highest BCUT2D eigenvalue weighted by molar-refractivity contribution is 4.94. The second-order valence-corrected chi connectivity index (χ2v) is 8.15. The molecule has 1 saturated carbocycles. The van der Waals surface area contributed by atoms with Crippen molar-refractivity contribution in [2.45, 2.75) is 96.2 Å². The van der Waals surface area contributed by atoms with Gasteiger partial charge in [-0.2, -0.15) is 0 Å². The number of piperazine rings is 1. The van der Waals surface area contributed by atoms with Crippen molar-refractivity contribution in [3.8, 4) is 0 Å². The van der Waals surface area contributed by atoms with E-state index in [9.17, 15) is 0 Å². The van der Waals surface area contributed by atoms with Gasteiger partial charge in [0.15, 0.2) is 0 Å². The molecule has 2 aliphatic heterocycles. The van der Waals surface area contributed by atoms with E-state index in [0.29, 0.717) is 0 Å². The maximum absolute atomic E-state index is 2.97. The lowest BCUT2D eigenvalue weighted by molar-refractivity contribution is -0.0351. The van der Waals surface area contributed by atoms with Gasteiger partial charge in [0.05, 0.1) is 0 Å². The van der Waals surface area contributed by atoms with E-state index >= 15 is 0 Å². The van der Waals surface area contributed by atoms with Crippen molar-refractivity contribution in [2.24, 2.45) is 5.92 Å². The third kappa shape index (κ3) is 3.82. The first-order chi connectivity index (χ1) is 10.3. The summed E-state index contributed by atoms with van der Waals surface area (Å²) < 4.78 is 0. The summed E-state index contributed by atoms with van der Waals surface area (Å²) in [6.07, 6.45) is 14.7. The molecule has 1 aliphatic carbocycles. The van der Waals surface area contributed by atoms with E-state index in [-0.39, 0.29) is 0 Å². The van der Waals surface area contributed by atoms with Crippen molar-refractivity contribution in [3.63, 3.8) is 0 Å². The van der Waals surface area contributed by atoms with Crippen LogP contribution in [0.15, 0.2) is 0 Å².